The van der Waals surface area contributed by atoms with Crippen molar-refractivity contribution in [2.24, 2.45) is 0 Å². The molecule has 0 fully saturated rings. The van der Waals surface area contributed by atoms with E-state index in [2.05, 4.69) is 13.0 Å². The van der Waals surface area contributed by atoms with Crippen LogP contribution in [0.4, 0.5) is 0 Å². The van der Waals surface area contributed by atoms with Crippen molar-refractivity contribution in [2.45, 2.75) is 33.1 Å². The highest BCUT2D eigenvalue weighted by Crippen LogP contribution is 2.22. The van der Waals surface area contributed by atoms with E-state index in [4.69, 9.17) is 5.10 Å². The monoisotopic (exact) mass is 425 g/mol. The van der Waals surface area contributed by atoms with Crippen LogP contribution in [0.15, 0.2) is 48.5 Å². The summed E-state index contributed by atoms with van der Waals surface area (Å²) in [6.07, 6.45) is 1.20. The van der Waals surface area contributed by atoms with E-state index < -0.39 is 9.84 Å². The van der Waals surface area contributed by atoms with Gasteiger partial charge in [-0.1, -0.05) is 30.3 Å². The summed E-state index contributed by atoms with van der Waals surface area (Å²) in [7, 11) is -1.34. The fourth-order valence-electron chi connectivity index (χ4n) is 3.52. The molecule has 0 radical (unpaired) electrons. The third-order valence-electron chi connectivity index (χ3n) is 5.16. The molecule has 0 unspecified atom stereocenters. The van der Waals surface area contributed by atoms with E-state index in [9.17, 15) is 13.2 Å². The molecule has 2 aromatic carbocycles. The molecule has 1 amide bonds. The summed E-state index contributed by atoms with van der Waals surface area (Å²) in [6.45, 7) is 6.46. The van der Waals surface area contributed by atoms with E-state index in [1.54, 1.807) is 36.2 Å². The largest absolute Gasteiger partial charge is 0.337 e. The fraction of sp³-hybridized carbons (Fsp3) is 0.304. The van der Waals surface area contributed by atoms with Gasteiger partial charge in [0.1, 0.15) is 0 Å². The van der Waals surface area contributed by atoms with Gasteiger partial charge in [-0.2, -0.15) is 5.10 Å². The van der Waals surface area contributed by atoms with Crippen LogP contribution < -0.4 is 0 Å². The van der Waals surface area contributed by atoms with Crippen LogP contribution in [0, 0.1) is 20.8 Å². The Bertz CT molecular complexity index is 1180. The molecular weight excluding hydrogens is 398 g/mol. The van der Waals surface area contributed by atoms with Crippen molar-refractivity contribution in [3.8, 4) is 5.69 Å². The second-order valence-corrected chi connectivity index (χ2v) is 9.92. The Hall–Kier alpha value is -2.93. The number of rotatable bonds is 6. The zero-order valence-electron chi connectivity index (χ0n) is 18.0. The lowest BCUT2D eigenvalue weighted by Crippen LogP contribution is -2.26. The van der Waals surface area contributed by atoms with Crippen molar-refractivity contribution < 1.29 is 13.2 Å². The lowest BCUT2D eigenvalue weighted by Gasteiger charge is -2.18. The molecule has 3 aromatic rings. The number of para-hydroxylation sites is 1. The minimum atomic E-state index is -3.11. The van der Waals surface area contributed by atoms with Crippen molar-refractivity contribution in [1.82, 2.24) is 14.7 Å². The third-order valence-corrected chi connectivity index (χ3v) is 6.01. The Labute approximate surface area is 178 Å². The van der Waals surface area contributed by atoms with Gasteiger partial charge in [0.05, 0.1) is 17.1 Å². The molecule has 1 aromatic heterocycles. The quantitative estimate of drug-likeness (QED) is 0.605. The van der Waals surface area contributed by atoms with Crippen molar-refractivity contribution in [1.29, 1.82) is 0 Å². The number of carbonyl (C=O) groups is 1. The highest BCUT2D eigenvalue weighted by atomic mass is 32.2. The number of aromatic nitrogens is 2. The Morgan fingerprint density at radius 3 is 2.27 bits per heavy atom. The van der Waals surface area contributed by atoms with Gasteiger partial charge in [-0.3, -0.25) is 4.79 Å². The zero-order chi connectivity index (χ0) is 22.1. The minimum Gasteiger partial charge on any atom is -0.337 e. The number of carbonyl (C=O) groups excluding carboxylic acids is 1. The fourth-order valence-corrected chi connectivity index (χ4v) is 4.31. The van der Waals surface area contributed by atoms with Crippen LogP contribution in [0.3, 0.4) is 0 Å². The number of nitrogens with zero attached hydrogens (tertiary/aromatic N) is 3. The van der Waals surface area contributed by atoms with E-state index in [-0.39, 0.29) is 11.7 Å². The summed E-state index contributed by atoms with van der Waals surface area (Å²) < 4.78 is 24.8. The molecule has 7 heteroatoms. The van der Waals surface area contributed by atoms with Crippen molar-refractivity contribution in [3.63, 3.8) is 0 Å². The van der Waals surface area contributed by atoms with Crippen molar-refractivity contribution >= 4 is 15.7 Å². The zero-order valence-corrected chi connectivity index (χ0v) is 18.8. The molecular formula is C23H27N3O3S. The van der Waals surface area contributed by atoms with Gasteiger partial charge < -0.3 is 4.90 Å². The molecule has 0 aliphatic heterocycles. The Balaban J connectivity index is 1.80. The first-order valence-electron chi connectivity index (χ1n) is 9.70. The standard InChI is InChI=1S/C23H27N3O3S/c1-16-8-6-7-9-22(16)26-18(3)21(17(2)24-26)14-25(4)23(27)20-12-10-19(11-13-20)15-30(5,28)29/h6-13H,14-15H2,1-5H3. The van der Waals surface area contributed by atoms with Gasteiger partial charge in [-0.15, -0.1) is 0 Å². The summed E-state index contributed by atoms with van der Waals surface area (Å²) in [5.74, 6) is -0.156. The predicted octanol–water partition coefficient (Wildman–Crippen LogP) is 3.61. The first kappa shape index (κ1) is 21.8. The lowest BCUT2D eigenvalue weighted by molar-refractivity contribution is 0.0784. The second-order valence-electron chi connectivity index (χ2n) is 7.78. The Kier molecular flexibility index (Phi) is 6.12. The summed E-state index contributed by atoms with van der Waals surface area (Å²) >= 11 is 0. The highest BCUT2D eigenvalue weighted by molar-refractivity contribution is 7.89. The van der Waals surface area contributed by atoms with Gasteiger partial charge in [0, 0.05) is 36.7 Å². The lowest BCUT2D eigenvalue weighted by atomic mass is 10.1. The van der Waals surface area contributed by atoms with Crippen LogP contribution in [-0.2, 0) is 22.1 Å². The molecule has 0 saturated heterocycles. The highest BCUT2D eigenvalue weighted by Gasteiger charge is 2.19. The SMILES string of the molecule is Cc1ccccc1-n1nc(C)c(CN(C)C(=O)c2ccc(CS(C)(=O)=O)cc2)c1C. The Morgan fingerprint density at radius 2 is 1.67 bits per heavy atom. The molecule has 0 saturated carbocycles. The van der Waals surface area contributed by atoms with Crippen molar-refractivity contribution in [3.05, 3.63) is 82.2 Å². The van der Waals surface area contributed by atoms with E-state index in [1.807, 2.05) is 36.7 Å². The molecule has 30 heavy (non-hydrogen) atoms. The third kappa shape index (κ3) is 4.79. The Morgan fingerprint density at radius 1 is 1.03 bits per heavy atom. The van der Waals surface area contributed by atoms with E-state index in [1.165, 1.54) is 6.26 Å². The van der Waals surface area contributed by atoms with E-state index in [0.717, 1.165) is 28.2 Å². The van der Waals surface area contributed by atoms with E-state index >= 15 is 0 Å². The number of hydrogen-bond acceptors (Lipinski definition) is 4. The molecule has 0 atom stereocenters. The molecule has 0 spiro atoms. The number of sulfone groups is 1. The summed E-state index contributed by atoms with van der Waals surface area (Å²) in [5, 5.41) is 4.69. The van der Waals surface area contributed by atoms with Gasteiger partial charge in [0.25, 0.3) is 5.91 Å². The molecule has 0 aliphatic rings. The topological polar surface area (TPSA) is 72.3 Å². The smallest absolute Gasteiger partial charge is 0.253 e. The number of benzene rings is 2. The number of aryl methyl sites for hydroxylation is 2. The van der Waals surface area contributed by atoms with Gasteiger partial charge in [0.2, 0.25) is 0 Å². The first-order valence-corrected chi connectivity index (χ1v) is 11.8. The first-order chi connectivity index (χ1) is 14.1. The van der Waals surface area contributed by atoms with Crippen LogP contribution >= 0.6 is 0 Å². The maximum Gasteiger partial charge on any atom is 0.253 e. The van der Waals surface area contributed by atoms with Gasteiger partial charge >= 0.3 is 0 Å². The van der Waals surface area contributed by atoms with Crippen LogP contribution in [0.25, 0.3) is 5.69 Å². The maximum absolute atomic E-state index is 12.9. The van der Waals surface area contributed by atoms with E-state index in [0.29, 0.717) is 17.7 Å². The second kappa shape index (κ2) is 8.44. The minimum absolute atomic E-state index is 0.0339. The van der Waals surface area contributed by atoms with Gasteiger partial charge in [-0.05, 0) is 50.1 Å². The normalized spacial score (nSPS) is 11.5. The molecule has 1 heterocycles. The molecule has 0 bridgehead atoms. The molecule has 6 nitrogen and oxygen atoms in total. The van der Waals surface area contributed by atoms with Gasteiger partial charge in [-0.25, -0.2) is 13.1 Å². The summed E-state index contributed by atoms with van der Waals surface area (Å²) in [6, 6.07) is 14.8. The molecule has 158 valence electrons. The van der Waals surface area contributed by atoms with Crippen LogP contribution in [0.2, 0.25) is 0 Å². The summed E-state index contributed by atoms with van der Waals surface area (Å²) in [5.41, 5.74) is 6.26. The van der Waals surface area contributed by atoms with Gasteiger partial charge in [0.15, 0.2) is 9.84 Å². The average Bonchev–Trinajstić information content (AvgIpc) is 2.95. The van der Waals surface area contributed by atoms with Crippen LogP contribution in [-0.4, -0.2) is 42.3 Å². The molecule has 3 rings (SSSR count). The number of hydrogen-bond donors (Lipinski definition) is 0. The molecule has 0 N–H and O–H groups in total. The maximum atomic E-state index is 12.9. The van der Waals surface area contributed by atoms with Crippen LogP contribution in [0.1, 0.15) is 38.4 Å². The predicted molar refractivity (Wildman–Crippen MR) is 119 cm³/mol. The van der Waals surface area contributed by atoms with Crippen molar-refractivity contribution in [2.75, 3.05) is 13.3 Å². The molecule has 0 aliphatic carbocycles. The summed E-state index contributed by atoms with van der Waals surface area (Å²) in [4.78, 5) is 14.5. The number of amides is 1. The van der Waals surface area contributed by atoms with Crippen LogP contribution in [0.5, 0.6) is 0 Å². The average molecular weight is 426 g/mol.